The minimum absolute atomic E-state index is 0.484. The third-order valence-corrected chi connectivity index (χ3v) is 5.03. The van der Waals surface area contributed by atoms with Crippen LogP contribution in [0.1, 0.15) is 44.2 Å². The summed E-state index contributed by atoms with van der Waals surface area (Å²) in [5.41, 5.74) is 4.64. The Hall–Kier alpha value is -2.82. The Morgan fingerprint density at radius 3 is 2.70 bits per heavy atom. The van der Waals surface area contributed by atoms with Gasteiger partial charge in [0.15, 0.2) is 11.5 Å². The van der Waals surface area contributed by atoms with Crippen molar-refractivity contribution in [1.29, 1.82) is 0 Å². The Morgan fingerprint density at radius 1 is 1.07 bits per heavy atom. The summed E-state index contributed by atoms with van der Waals surface area (Å²) in [6, 6.07) is 12.1. The van der Waals surface area contributed by atoms with Gasteiger partial charge < -0.3 is 14.0 Å². The van der Waals surface area contributed by atoms with E-state index < -0.39 is 0 Å². The molecule has 0 spiro atoms. The number of hydrogen-bond acceptors (Lipinski definition) is 5. The zero-order chi connectivity index (χ0) is 18.8. The van der Waals surface area contributed by atoms with Crippen LogP contribution >= 0.6 is 0 Å². The van der Waals surface area contributed by atoms with Crippen molar-refractivity contribution in [3.05, 3.63) is 47.5 Å². The van der Waals surface area contributed by atoms with E-state index in [0.29, 0.717) is 36.6 Å². The van der Waals surface area contributed by atoms with Gasteiger partial charge in [-0.1, -0.05) is 30.3 Å². The summed E-state index contributed by atoms with van der Waals surface area (Å²) in [7, 11) is 0. The van der Waals surface area contributed by atoms with Gasteiger partial charge in [0, 0.05) is 11.1 Å². The van der Waals surface area contributed by atoms with Crippen molar-refractivity contribution in [2.75, 3.05) is 13.2 Å². The lowest BCUT2D eigenvalue weighted by Gasteiger charge is -2.11. The summed E-state index contributed by atoms with van der Waals surface area (Å²) in [6.45, 7) is 7.32. The Morgan fingerprint density at radius 2 is 1.89 bits per heavy atom. The number of fused-ring (bicyclic) bond motifs is 1. The molecular formula is C22H24N2O3. The molecule has 27 heavy (non-hydrogen) atoms. The minimum Gasteiger partial charge on any atom is -0.490 e. The molecule has 0 fully saturated rings. The number of ether oxygens (including phenoxy) is 2. The van der Waals surface area contributed by atoms with Crippen LogP contribution in [0.25, 0.3) is 22.8 Å². The van der Waals surface area contributed by atoms with Crippen molar-refractivity contribution < 1.29 is 14.0 Å². The Balaban J connectivity index is 1.69. The molecule has 0 saturated carbocycles. The quantitative estimate of drug-likeness (QED) is 0.598. The van der Waals surface area contributed by atoms with Crippen LogP contribution < -0.4 is 9.47 Å². The average Bonchev–Trinajstić information content (AvgIpc) is 3.31. The molecular weight excluding hydrogens is 340 g/mol. The summed E-state index contributed by atoms with van der Waals surface area (Å²) in [4.78, 5) is 4.66. The SMILES string of the molecule is CCOc1ccc(-c2nc(-c3cccc4c3CCC4C)no2)cc1OCC. The number of aromatic nitrogens is 2. The van der Waals surface area contributed by atoms with Crippen LogP contribution in [0.5, 0.6) is 11.5 Å². The van der Waals surface area contributed by atoms with Crippen LogP contribution in [0.4, 0.5) is 0 Å². The number of hydrogen-bond donors (Lipinski definition) is 0. The fraction of sp³-hybridized carbons (Fsp3) is 0.364. The van der Waals surface area contributed by atoms with Crippen molar-refractivity contribution in [3.8, 4) is 34.3 Å². The maximum atomic E-state index is 5.70. The third kappa shape index (κ3) is 3.29. The molecule has 0 bridgehead atoms. The zero-order valence-electron chi connectivity index (χ0n) is 16.0. The molecule has 5 heteroatoms. The summed E-state index contributed by atoms with van der Waals surface area (Å²) in [6.07, 6.45) is 2.24. The van der Waals surface area contributed by atoms with Gasteiger partial charge >= 0.3 is 0 Å². The molecule has 1 aromatic heterocycles. The number of nitrogens with zero attached hydrogens (tertiary/aromatic N) is 2. The first kappa shape index (κ1) is 17.6. The van der Waals surface area contributed by atoms with Gasteiger partial charge in [0.05, 0.1) is 13.2 Å². The van der Waals surface area contributed by atoms with E-state index in [1.807, 2.05) is 32.0 Å². The van der Waals surface area contributed by atoms with Crippen molar-refractivity contribution in [2.24, 2.45) is 0 Å². The van der Waals surface area contributed by atoms with Crippen molar-refractivity contribution >= 4 is 0 Å². The molecule has 0 amide bonds. The lowest BCUT2D eigenvalue weighted by molar-refractivity contribution is 0.288. The van der Waals surface area contributed by atoms with Crippen LogP contribution in [0.3, 0.4) is 0 Å². The highest BCUT2D eigenvalue weighted by molar-refractivity contribution is 5.67. The molecule has 0 aliphatic heterocycles. The van der Waals surface area contributed by atoms with Gasteiger partial charge in [-0.3, -0.25) is 0 Å². The van der Waals surface area contributed by atoms with E-state index in [4.69, 9.17) is 14.0 Å². The van der Waals surface area contributed by atoms with E-state index in [9.17, 15) is 0 Å². The zero-order valence-corrected chi connectivity index (χ0v) is 16.0. The highest BCUT2D eigenvalue weighted by atomic mass is 16.5. The largest absolute Gasteiger partial charge is 0.490 e. The molecule has 140 valence electrons. The summed E-state index contributed by atoms with van der Waals surface area (Å²) < 4.78 is 16.9. The van der Waals surface area contributed by atoms with Crippen LogP contribution in [0.2, 0.25) is 0 Å². The van der Waals surface area contributed by atoms with Crippen molar-refractivity contribution in [1.82, 2.24) is 10.1 Å². The van der Waals surface area contributed by atoms with E-state index in [2.05, 4.69) is 35.3 Å². The Bertz CT molecular complexity index is 948. The second-order valence-corrected chi connectivity index (χ2v) is 6.76. The first-order valence-electron chi connectivity index (χ1n) is 9.57. The van der Waals surface area contributed by atoms with Crippen LogP contribution in [0, 0.1) is 0 Å². The Labute approximate surface area is 159 Å². The van der Waals surface area contributed by atoms with Crippen molar-refractivity contribution in [3.63, 3.8) is 0 Å². The maximum absolute atomic E-state index is 5.70. The van der Waals surface area contributed by atoms with E-state index in [0.717, 1.165) is 23.3 Å². The molecule has 0 N–H and O–H groups in total. The van der Waals surface area contributed by atoms with Gasteiger partial charge in [-0.25, -0.2) is 0 Å². The molecule has 2 aromatic carbocycles. The molecule has 5 nitrogen and oxygen atoms in total. The predicted molar refractivity (Wildman–Crippen MR) is 104 cm³/mol. The molecule has 0 saturated heterocycles. The summed E-state index contributed by atoms with van der Waals surface area (Å²) >= 11 is 0. The lowest BCUT2D eigenvalue weighted by atomic mass is 9.99. The summed E-state index contributed by atoms with van der Waals surface area (Å²) in [5, 5.41) is 4.24. The van der Waals surface area contributed by atoms with Crippen molar-refractivity contribution in [2.45, 2.75) is 39.5 Å². The van der Waals surface area contributed by atoms with E-state index in [-0.39, 0.29) is 0 Å². The molecule has 3 aromatic rings. The van der Waals surface area contributed by atoms with E-state index in [1.54, 1.807) is 0 Å². The van der Waals surface area contributed by atoms with E-state index in [1.165, 1.54) is 17.5 Å². The maximum Gasteiger partial charge on any atom is 0.258 e. The Kier molecular flexibility index (Phi) is 4.84. The number of rotatable bonds is 6. The monoisotopic (exact) mass is 364 g/mol. The summed E-state index contributed by atoms with van der Waals surface area (Å²) in [5.74, 6) is 3.12. The highest BCUT2D eigenvalue weighted by Crippen LogP contribution is 2.38. The van der Waals surface area contributed by atoms with Gasteiger partial charge in [0.1, 0.15) is 0 Å². The van der Waals surface area contributed by atoms with Crippen LogP contribution in [0.15, 0.2) is 40.9 Å². The number of benzene rings is 2. The van der Waals surface area contributed by atoms with Gasteiger partial charge in [-0.2, -0.15) is 4.98 Å². The fourth-order valence-electron chi connectivity index (χ4n) is 3.71. The topological polar surface area (TPSA) is 57.4 Å². The van der Waals surface area contributed by atoms with Gasteiger partial charge in [-0.15, -0.1) is 0 Å². The van der Waals surface area contributed by atoms with Gasteiger partial charge in [0.25, 0.3) is 5.89 Å². The third-order valence-electron chi connectivity index (χ3n) is 5.03. The minimum atomic E-state index is 0.484. The average molecular weight is 364 g/mol. The van der Waals surface area contributed by atoms with Gasteiger partial charge in [0.2, 0.25) is 5.82 Å². The normalized spacial score (nSPS) is 15.6. The lowest BCUT2D eigenvalue weighted by Crippen LogP contribution is -1.98. The molecule has 1 heterocycles. The smallest absolute Gasteiger partial charge is 0.258 e. The molecule has 4 rings (SSSR count). The first-order valence-corrected chi connectivity index (χ1v) is 9.57. The van der Waals surface area contributed by atoms with Crippen LogP contribution in [-0.4, -0.2) is 23.4 Å². The molecule has 1 atom stereocenters. The predicted octanol–water partition coefficient (Wildman–Crippen LogP) is 5.25. The van der Waals surface area contributed by atoms with Crippen LogP contribution in [-0.2, 0) is 6.42 Å². The first-order chi connectivity index (χ1) is 13.2. The fourth-order valence-corrected chi connectivity index (χ4v) is 3.71. The second-order valence-electron chi connectivity index (χ2n) is 6.76. The second kappa shape index (κ2) is 7.43. The standard InChI is InChI=1S/C22H24N2O3/c1-4-25-19-12-10-15(13-20(19)26-5-2)22-23-21(24-27-22)18-8-6-7-16-14(3)9-11-17(16)18/h6-8,10,12-14H,4-5,9,11H2,1-3H3. The molecule has 1 aliphatic rings. The highest BCUT2D eigenvalue weighted by Gasteiger charge is 2.24. The molecule has 1 aliphatic carbocycles. The molecule has 1 unspecified atom stereocenters. The van der Waals surface area contributed by atoms with Gasteiger partial charge in [-0.05, 0) is 61.9 Å². The molecule has 0 radical (unpaired) electrons. The van der Waals surface area contributed by atoms with E-state index >= 15 is 0 Å².